The van der Waals surface area contributed by atoms with E-state index in [1.54, 1.807) is 23.9 Å². The van der Waals surface area contributed by atoms with Crippen LogP contribution in [0.1, 0.15) is 20.8 Å². The summed E-state index contributed by atoms with van der Waals surface area (Å²) in [5.41, 5.74) is 0.753. The summed E-state index contributed by atoms with van der Waals surface area (Å²) >= 11 is 1.61. The molecule has 6 heteroatoms. The number of pyridine rings is 1. The Balaban J connectivity index is 2.14. The van der Waals surface area contributed by atoms with E-state index >= 15 is 0 Å². The van der Waals surface area contributed by atoms with Gasteiger partial charge in [0.25, 0.3) is 5.91 Å². The molecule has 0 saturated heterocycles. The van der Waals surface area contributed by atoms with E-state index in [-0.39, 0.29) is 17.2 Å². The molecule has 0 spiro atoms. The van der Waals surface area contributed by atoms with Crippen molar-refractivity contribution in [3.8, 4) is 0 Å². The summed E-state index contributed by atoms with van der Waals surface area (Å²) in [5.74, 6) is -1.53. The number of carbonyl (C=O) groups is 2. The summed E-state index contributed by atoms with van der Waals surface area (Å²) in [4.78, 5) is 27.6. The van der Waals surface area contributed by atoms with Crippen molar-refractivity contribution in [2.24, 2.45) is 0 Å². The Hall–Kier alpha value is -2.34. The largest absolute Gasteiger partial charge is 0.477 e. The van der Waals surface area contributed by atoms with Gasteiger partial charge in [0.05, 0.1) is 0 Å². The van der Waals surface area contributed by atoms with Crippen molar-refractivity contribution in [3.63, 3.8) is 0 Å². The average Bonchev–Trinajstić information content (AvgIpc) is 2.48. The highest BCUT2D eigenvalue weighted by molar-refractivity contribution is 7.98. The molecule has 0 aliphatic carbocycles. The first-order chi connectivity index (χ1) is 9.60. The monoisotopic (exact) mass is 288 g/mol. The van der Waals surface area contributed by atoms with Gasteiger partial charge in [-0.3, -0.25) is 4.79 Å². The van der Waals surface area contributed by atoms with Crippen molar-refractivity contribution in [1.82, 2.24) is 4.98 Å². The molecule has 0 aliphatic rings. The van der Waals surface area contributed by atoms with Crippen molar-refractivity contribution in [2.75, 3.05) is 11.6 Å². The molecule has 102 valence electrons. The summed E-state index contributed by atoms with van der Waals surface area (Å²) in [5, 5.41) is 11.5. The maximum absolute atomic E-state index is 12.0. The third-order valence-corrected chi connectivity index (χ3v) is 3.33. The number of aromatic nitrogens is 1. The molecule has 0 atom stereocenters. The molecule has 2 aromatic rings. The lowest BCUT2D eigenvalue weighted by atomic mass is 10.2. The topological polar surface area (TPSA) is 79.3 Å². The molecule has 0 unspecified atom stereocenters. The first-order valence-electron chi connectivity index (χ1n) is 5.75. The number of aromatic carboxylic acids is 1. The molecule has 1 amide bonds. The molecule has 5 nitrogen and oxygen atoms in total. The zero-order valence-corrected chi connectivity index (χ0v) is 11.5. The van der Waals surface area contributed by atoms with Gasteiger partial charge in [-0.1, -0.05) is 0 Å². The van der Waals surface area contributed by atoms with Crippen molar-refractivity contribution in [1.29, 1.82) is 0 Å². The first-order valence-corrected chi connectivity index (χ1v) is 6.97. The third kappa shape index (κ3) is 3.36. The Morgan fingerprint density at radius 1 is 1.20 bits per heavy atom. The fourth-order valence-electron chi connectivity index (χ4n) is 1.57. The van der Waals surface area contributed by atoms with Crippen molar-refractivity contribution >= 4 is 29.3 Å². The van der Waals surface area contributed by atoms with Gasteiger partial charge in [-0.05, 0) is 42.7 Å². The van der Waals surface area contributed by atoms with E-state index in [0.717, 1.165) is 4.90 Å². The molecule has 1 heterocycles. The van der Waals surface area contributed by atoms with Crippen LogP contribution in [0, 0.1) is 0 Å². The summed E-state index contributed by atoms with van der Waals surface area (Å²) in [6.07, 6.45) is 3.27. The number of thioether (sulfide) groups is 1. The lowest BCUT2D eigenvalue weighted by Gasteiger charge is -2.06. The number of benzene rings is 1. The Morgan fingerprint density at radius 3 is 2.50 bits per heavy atom. The van der Waals surface area contributed by atoms with Gasteiger partial charge in [0.1, 0.15) is 5.69 Å². The van der Waals surface area contributed by atoms with E-state index in [1.165, 1.54) is 18.3 Å². The zero-order valence-electron chi connectivity index (χ0n) is 10.7. The van der Waals surface area contributed by atoms with E-state index in [0.29, 0.717) is 5.69 Å². The third-order valence-electron chi connectivity index (χ3n) is 2.59. The maximum atomic E-state index is 12.0. The molecule has 0 saturated carbocycles. The van der Waals surface area contributed by atoms with E-state index in [1.807, 2.05) is 18.4 Å². The molecular formula is C14H12N2O3S. The van der Waals surface area contributed by atoms with E-state index in [4.69, 9.17) is 5.11 Å². The van der Waals surface area contributed by atoms with Gasteiger partial charge in [0.2, 0.25) is 0 Å². The number of carboxylic acid groups (broad SMARTS) is 1. The number of hydrogen-bond donors (Lipinski definition) is 2. The minimum absolute atomic E-state index is 0.157. The number of nitrogens with one attached hydrogen (secondary N) is 1. The summed E-state index contributed by atoms with van der Waals surface area (Å²) in [7, 11) is 0. The predicted octanol–water partition coefficient (Wildman–Crippen LogP) is 2.75. The summed E-state index contributed by atoms with van der Waals surface area (Å²) in [6.45, 7) is 0. The molecule has 1 aromatic heterocycles. The molecule has 20 heavy (non-hydrogen) atoms. The Kier molecular flexibility index (Phi) is 4.37. The smallest absolute Gasteiger partial charge is 0.354 e. The number of hydrogen-bond acceptors (Lipinski definition) is 4. The Bertz CT molecular complexity index is 641. The lowest BCUT2D eigenvalue weighted by molar-refractivity contribution is 0.0690. The van der Waals surface area contributed by atoms with Crippen LogP contribution in [0.3, 0.4) is 0 Å². The second-order valence-electron chi connectivity index (χ2n) is 3.92. The number of anilines is 1. The van der Waals surface area contributed by atoms with Gasteiger partial charge in [0.15, 0.2) is 0 Å². The van der Waals surface area contributed by atoms with E-state index < -0.39 is 5.97 Å². The van der Waals surface area contributed by atoms with Crippen LogP contribution in [-0.2, 0) is 0 Å². The fourth-order valence-corrected chi connectivity index (χ4v) is 1.97. The highest BCUT2D eigenvalue weighted by Gasteiger charge is 2.10. The molecule has 0 aliphatic heterocycles. The van der Waals surface area contributed by atoms with Gasteiger partial charge in [0, 0.05) is 22.3 Å². The van der Waals surface area contributed by atoms with Crippen molar-refractivity contribution in [2.45, 2.75) is 4.90 Å². The first kappa shape index (κ1) is 14.1. The standard InChI is InChI=1S/C14H12N2O3S/c1-20-11-4-2-10(3-5-11)16-13(17)9-6-7-15-12(8-9)14(18)19/h2-8H,1H3,(H,16,17)(H,18,19). The van der Waals surface area contributed by atoms with Crippen LogP contribution in [0.5, 0.6) is 0 Å². The number of carbonyl (C=O) groups excluding carboxylic acids is 1. The van der Waals surface area contributed by atoms with E-state index in [2.05, 4.69) is 10.3 Å². The molecule has 2 N–H and O–H groups in total. The van der Waals surface area contributed by atoms with Crippen LogP contribution >= 0.6 is 11.8 Å². The number of amides is 1. The van der Waals surface area contributed by atoms with Crippen molar-refractivity contribution < 1.29 is 14.7 Å². The predicted molar refractivity (Wildman–Crippen MR) is 77.4 cm³/mol. The molecule has 0 fully saturated rings. The molecular weight excluding hydrogens is 276 g/mol. The number of nitrogens with zero attached hydrogens (tertiary/aromatic N) is 1. The van der Waals surface area contributed by atoms with Gasteiger partial charge in [-0.25, -0.2) is 9.78 Å². The van der Waals surface area contributed by atoms with Crippen LogP contribution in [0.4, 0.5) is 5.69 Å². The normalized spacial score (nSPS) is 10.1. The van der Waals surface area contributed by atoms with Gasteiger partial charge >= 0.3 is 5.97 Å². The highest BCUT2D eigenvalue weighted by atomic mass is 32.2. The van der Waals surface area contributed by atoms with Crippen LogP contribution in [-0.4, -0.2) is 28.2 Å². The van der Waals surface area contributed by atoms with Crippen LogP contribution in [0.25, 0.3) is 0 Å². The second kappa shape index (κ2) is 6.21. The fraction of sp³-hybridized carbons (Fsp3) is 0.0714. The summed E-state index contributed by atoms with van der Waals surface area (Å²) < 4.78 is 0. The van der Waals surface area contributed by atoms with Crippen LogP contribution in [0.2, 0.25) is 0 Å². The van der Waals surface area contributed by atoms with Crippen LogP contribution in [0.15, 0.2) is 47.5 Å². The number of rotatable bonds is 4. The van der Waals surface area contributed by atoms with Crippen LogP contribution < -0.4 is 5.32 Å². The summed E-state index contributed by atoms with van der Waals surface area (Å²) in [6, 6.07) is 10.1. The highest BCUT2D eigenvalue weighted by Crippen LogP contribution is 2.18. The maximum Gasteiger partial charge on any atom is 0.354 e. The second-order valence-corrected chi connectivity index (χ2v) is 4.80. The quantitative estimate of drug-likeness (QED) is 0.846. The molecule has 1 aromatic carbocycles. The molecule has 0 radical (unpaired) electrons. The van der Waals surface area contributed by atoms with Gasteiger partial charge in [-0.15, -0.1) is 11.8 Å². The average molecular weight is 288 g/mol. The Morgan fingerprint density at radius 2 is 1.90 bits per heavy atom. The lowest BCUT2D eigenvalue weighted by Crippen LogP contribution is -2.13. The minimum atomic E-state index is -1.16. The molecule has 2 rings (SSSR count). The van der Waals surface area contributed by atoms with Gasteiger partial charge < -0.3 is 10.4 Å². The SMILES string of the molecule is CSc1ccc(NC(=O)c2ccnc(C(=O)O)c2)cc1. The zero-order chi connectivity index (χ0) is 14.5. The van der Waals surface area contributed by atoms with Crippen molar-refractivity contribution in [3.05, 3.63) is 53.9 Å². The Labute approximate surface area is 120 Å². The van der Waals surface area contributed by atoms with Gasteiger partial charge in [-0.2, -0.15) is 0 Å². The number of carboxylic acids is 1. The van der Waals surface area contributed by atoms with E-state index in [9.17, 15) is 9.59 Å². The minimum Gasteiger partial charge on any atom is -0.477 e. The molecule has 0 bridgehead atoms.